The van der Waals surface area contributed by atoms with E-state index in [9.17, 15) is 4.79 Å². The number of hydrogen-bond donors (Lipinski definition) is 1. The average Bonchev–Trinajstić information content (AvgIpc) is 3.02. The van der Waals surface area contributed by atoms with Gasteiger partial charge in [0, 0.05) is 19.1 Å². The number of carbonyl (C=O) groups is 1. The van der Waals surface area contributed by atoms with Crippen LogP contribution in [0.5, 0.6) is 11.5 Å². The zero-order valence-corrected chi connectivity index (χ0v) is 13.1. The molecule has 1 N–H and O–H groups in total. The highest BCUT2D eigenvalue weighted by Crippen LogP contribution is 2.32. The van der Waals surface area contributed by atoms with Crippen molar-refractivity contribution in [2.75, 3.05) is 19.9 Å². The summed E-state index contributed by atoms with van der Waals surface area (Å²) in [6.45, 7) is 4.41. The number of fused-ring (bicyclic) bond motifs is 1. The Kier molecular flexibility index (Phi) is 4.83. The van der Waals surface area contributed by atoms with Gasteiger partial charge in [-0.05, 0) is 43.4 Å². The number of piperidine rings is 1. The first-order valence-electron chi connectivity index (χ1n) is 8.16. The minimum Gasteiger partial charge on any atom is -0.454 e. The van der Waals surface area contributed by atoms with Crippen molar-refractivity contribution >= 4 is 5.91 Å². The number of amides is 1. The van der Waals surface area contributed by atoms with Crippen LogP contribution in [0.4, 0.5) is 0 Å². The third kappa shape index (κ3) is 3.35. The molecule has 5 nitrogen and oxygen atoms in total. The summed E-state index contributed by atoms with van der Waals surface area (Å²) in [6.07, 6.45) is 4.57. The molecule has 0 aromatic heterocycles. The van der Waals surface area contributed by atoms with Gasteiger partial charge in [0.2, 0.25) is 12.7 Å². The van der Waals surface area contributed by atoms with Crippen molar-refractivity contribution in [3.05, 3.63) is 23.8 Å². The standard InChI is InChI=1S/C17H24N2O3/c1-2-14-5-3-4-8-19(14)17(20)11-18-10-13-6-7-15-16(9-13)22-12-21-15/h6-7,9,14,18H,2-5,8,10-12H2,1H3. The topological polar surface area (TPSA) is 50.8 Å². The molecule has 2 aliphatic heterocycles. The molecule has 0 aliphatic carbocycles. The number of hydrogen-bond acceptors (Lipinski definition) is 4. The fourth-order valence-electron chi connectivity index (χ4n) is 3.22. The van der Waals surface area contributed by atoms with E-state index in [2.05, 4.69) is 17.1 Å². The van der Waals surface area contributed by atoms with Crippen LogP contribution < -0.4 is 14.8 Å². The zero-order valence-electron chi connectivity index (χ0n) is 13.1. The SMILES string of the molecule is CCC1CCCCN1C(=O)CNCc1ccc2c(c1)OCO2. The molecule has 0 bridgehead atoms. The van der Waals surface area contributed by atoms with Crippen LogP contribution in [-0.4, -0.2) is 36.7 Å². The maximum absolute atomic E-state index is 12.4. The normalized spacial score (nSPS) is 20.2. The Morgan fingerprint density at radius 1 is 1.32 bits per heavy atom. The van der Waals surface area contributed by atoms with Gasteiger partial charge < -0.3 is 19.7 Å². The molecule has 1 unspecified atom stereocenters. The molecule has 1 saturated heterocycles. The van der Waals surface area contributed by atoms with Crippen LogP contribution in [0.25, 0.3) is 0 Å². The molecule has 0 saturated carbocycles. The summed E-state index contributed by atoms with van der Waals surface area (Å²) in [5, 5.41) is 3.25. The predicted octanol–water partition coefficient (Wildman–Crippen LogP) is 2.30. The highest BCUT2D eigenvalue weighted by molar-refractivity contribution is 5.78. The molecule has 3 rings (SSSR count). The minimum absolute atomic E-state index is 0.215. The van der Waals surface area contributed by atoms with Crippen LogP contribution in [0.15, 0.2) is 18.2 Å². The van der Waals surface area contributed by atoms with Crippen LogP contribution >= 0.6 is 0 Å². The molecule has 2 aliphatic rings. The van der Waals surface area contributed by atoms with Gasteiger partial charge in [0.1, 0.15) is 0 Å². The van der Waals surface area contributed by atoms with E-state index in [1.807, 2.05) is 18.2 Å². The first-order valence-corrected chi connectivity index (χ1v) is 8.16. The Morgan fingerprint density at radius 2 is 2.18 bits per heavy atom. The number of nitrogens with one attached hydrogen (secondary N) is 1. The van der Waals surface area contributed by atoms with E-state index in [0.717, 1.165) is 42.9 Å². The number of carbonyl (C=O) groups excluding carboxylic acids is 1. The van der Waals surface area contributed by atoms with Crippen LogP contribution in [0.1, 0.15) is 38.2 Å². The summed E-state index contributed by atoms with van der Waals surface area (Å²) in [5.41, 5.74) is 1.10. The predicted molar refractivity (Wildman–Crippen MR) is 83.9 cm³/mol. The van der Waals surface area contributed by atoms with Crippen LogP contribution in [0.2, 0.25) is 0 Å². The van der Waals surface area contributed by atoms with Gasteiger partial charge in [0.15, 0.2) is 11.5 Å². The molecule has 0 spiro atoms. The Morgan fingerprint density at radius 3 is 3.05 bits per heavy atom. The summed E-state index contributed by atoms with van der Waals surface area (Å²) in [6, 6.07) is 6.31. The molecule has 1 aromatic rings. The monoisotopic (exact) mass is 304 g/mol. The van der Waals surface area contributed by atoms with Gasteiger partial charge in [0.05, 0.1) is 6.54 Å². The van der Waals surface area contributed by atoms with Crippen molar-refractivity contribution in [1.82, 2.24) is 10.2 Å². The van der Waals surface area contributed by atoms with E-state index in [4.69, 9.17) is 9.47 Å². The third-order valence-electron chi connectivity index (χ3n) is 4.46. The first kappa shape index (κ1) is 15.2. The zero-order chi connectivity index (χ0) is 15.4. The van der Waals surface area contributed by atoms with E-state index < -0.39 is 0 Å². The second-order valence-corrected chi connectivity index (χ2v) is 5.94. The Hall–Kier alpha value is -1.75. The van der Waals surface area contributed by atoms with Gasteiger partial charge in [-0.25, -0.2) is 0 Å². The maximum atomic E-state index is 12.4. The van der Waals surface area contributed by atoms with Crippen molar-refractivity contribution < 1.29 is 14.3 Å². The molecule has 120 valence electrons. The number of ether oxygens (including phenoxy) is 2. The minimum atomic E-state index is 0.215. The van der Waals surface area contributed by atoms with Crippen LogP contribution in [0.3, 0.4) is 0 Å². The number of benzene rings is 1. The maximum Gasteiger partial charge on any atom is 0.236 e. The molecule has 5 heteroatoms. The van der Waals surface area contributed by atoms with Crippen molar-refractivity contribution in [2.45, 2.75) is 45.2 Å². The number of nitrogens with zero attached hydrogens (tertiary/aromatic N) is 1. The molecule has 1 amide bonds. The van der Waals surface area contributed by atoms with Gasteiger partial charge in [-0.1, -0.05) is 13.0 Å². The Labute approximate surface area is 131 Å². The molecule has 0 radical (unpaired) electrons. The van der Waals surface area contributed by atoms with Crippen molar-refractivity contribution in [2.24, 2.45) is 0 Å². The molecule has 1 aromatic carbocycles. The Bertz CT molecular complexity index is 533. The smallest absolute Gasteiger partial charge is 0.236 e. The van der Waals surface area contributed by atoms with Crippen molar-refractivity contribution in [3.63, 3.8) is 0 Å². The number of rotatable bonds is 5. The highest BCUT2D eigenvalue weighted by atomic mass is 16.7. The van der Waals surface area contributed by atoms with E-state index >= 15 is 0 Å². The van der Waals surface area contributed by atoms with Gasteiger partial charge >= 0.3 is 0 Å². The van der Waals surface area contributed by atoms with E-state index in [-0.39, 0.29) is 12.7 Å². The lowest BCUT2D eigenvalue weighted by Crippen LogP contribution is -2.46. The highest BCUT2D eigenvalue weighted by Gasteiger charge is 2.24. The van der Waals surface area contributed by atoms with Crippen molar-refractivity contribution in [3.8, 4) is 11.5 Å². The second kappa shape index (κ2) is 7.01. The van der Waals surface area contributed by atoms with Gasteiger partial charge in [-0.2, -0.15) is 0 Å². The van der Waals surface area contributed by atoms with Crippen LogP contribution in [0, 0.1) is 0 Å². The van der Waals surface area contributed by atoms with E-state index in [1.165, 1.54) is 6.42 Å². The largest absolute Gasteiger partial charge is 0.454 e. The fourth-order valence-corrected chi connectivity index (χ4v) is 3.22. The van der Waals surface area contributed by atoms with Gasteiger partial charge in [0.25, 0.3) is 0 Å². The summed E-state index contributed by atoms with van der Waals surface area (Å²) < 4.78 is 10.7. The molecule has 1 atom stereocenters. The molecular formula is C17H24N2O3. The fraction of sp³-hybridized carbons (Fsp3) is 0.588. The average molecular weight is 304 g/mol. The van der Waals surface area contributed by atoms with Gasteiger partial charge in [-0.3, -0.25) is 4.79 Å². The summed E-state index contributed by atoms with van der Waals surface area (Å²) >= 11 is 0. The van der Waals surface area contributed by atoms with Crippen LogP contribution in [-0.2, 0) is 11.3 Å². The quantitative estimate of drug-likeness (QED) is 0.907. The summed E-state index contributed by atoms with van der Waals surface area (Å²) in [5.74, 6) is 1.79. The lowest BCUT2D eigenvalue weighted by atomic mass is 10.00. The lowest BCUT2D eigenvalue weighted by Gasteiger charge is -2.35. The van der Waals surface area contributed by atoms with E-state index in [0.29, 0.717) is 19.1 Å². The Balaban J connectivity index is 1.49. The molecule has 22 heavy (non-hydrogen) atoms. The molecule has 2 heterocycles. The van der Waals surface area contributed by atoms with Gasteiger partial charge in [-0.15, -0.1) is 0 Å². The van der Waals surface area contributed by atoms with Crippen molar-refractivity contribution in [1.29, 1.82) is 0 Å². The first-order chi connectivity index (χ1) is 10.8. The third-order valence-corrected chi connectivity index (χ3v) is 4.46. The molecule has 1 fully saturated rings. The summed E-state index contributed by atoms with van der Waals surface area (Å²) in [7, 11) is 0. The summed E-state index contributed by atoms with van der Waals surface area (Å²) in [4.78, 5) is 14.4. The second-order valence-electron chi connectivity index (χ2n) is 5.94. The van der Waals surface area contributed by atoms with E-state index in [1.54, 1.807) is 0 Å². The lowest BCUT2D eigenvalue weighted by molar-refractivity contribution is -0.134. The number of likely N-dealkylation sites (tertiary alicyclic amines) is 1. The molecular weight excluding hydrogens is 280 g/mol.